The average molecular weight is 493 g/mol. The second-order valence-electron chi connectivity index (χ2n) is 8.13. The van der Waals surface area contributed by atoms with Gasteiger partial charge in [-0.1, -0.05) is 26.0 Å². The monoisotopic (exact) mass is 493 g/mol. The lowest BCUT2D eigenvalue weighted by Gasteiger charge is -2.16. The van der Waals surface area contributed by atoms with Crippen molar-refractivity contribution >= 4 is 35.5 Å². The maximum atomic E-state index is 13.2. The van der Waals surface area contributed by atoms with Crippen LogP contribution in [0.3, 0.4) is 0 Å². The Labute approximate surface area is 199 Å². The summed E-state index contributed by atoms with van der Waals surface area (Å²) in [5.41, 5.74) is -0.464. The Morgan fingerprint density at radius 3 is 2.29 bits per heavy atom. The van der Waals surface area contributed by atoms with E-state index in [2.05, 4.69) is 21.1 Å². The summed E-state index contributed by atoms with van der Waals surface area (Å²) in [5, 5.41) is 20.0. The number of aliphatic carboxylic acids is 1. The van der Waals surface area contributed by atoms with Gasteiger partial charge in [-0.2, -0.15) is 18.3 Å². The lowest BCUT2D eigenvalue weighted by Crippen LogP contribution is -2.42. The van der Waals surface area contributed by atoms with Crippen molar-refractivity contribution in [2.75, 3.05) is 10.6 Å². The average Bonchev–Trinajstić information content (AvgIpc) is 2.77. The first-order valence-electron chi connectivity index (χ1n) is 10.5. The Bertz CT molecular complexity index is 1090. The number of rotatable bonds is 10. The van der Waals surface area contributed by atoms with E-state index in [9.17, 15) is 32.7 Å². The molecular formula is C23H26F3N5O4. The molecule has 0 aliphatic rings. The summed E-state index contributed by atoms with van der Waals surface area (Å²) in [5.74, 6) is 2.68. The number of anilines is 2. The van der Waals surface area contributed by atoms with Crippen LogP contribution >= 0.6 is 0 Å². The number of hydrogen-bond acceptors (Lipinski definition) is 5. The molecule has 0 fully saturated rings. The highest BCUT2D eigenvalue weighted by Gasteiger charge is 2.32. The summed E-state index contributed by atoms with van der Waals surface area (Å²) in [6.45, 7) is 3.68. The van der Waals surface area contributed by atoms with E-state index in [0.29, 0.717) is 11.6 Å². The van der Waals surface area contributed by atoms with Crippen molar-refractivity contribution in [3.05, 3.63) is 59.2 Å². The second-order valence-corrected chi connectivity index (χ2v) is 8.13. The topological polar surface area (TPSA) is 146 Å². The smallest absolute Gasteiger partial charge is 0.416 e. The summed E-state index contributed by atoms with van der Waals surface area (Å²) in [6.07, 6.45) is -3.50. The fraction of sp³-hybridized carbons (Fsp3) is 0.304. The molecule has 1 atom stereocenters. The SMILES string of the molecule is CC(C)CC(=O)N[C@@H](Cc1ccc(NC(=O)c2cc(NC=NN)cc(C(F)(F)F)c2)cc1)C(=O)O. The number of halogens is 3. The molecule has 0 bridgehead atoms. The number of nitrogens with one attached hydrogen (secondary N) is 3. The van der Waals surface area contributed by atoms with Crippen LogP contribution in [0.1, 0.15) is 41.8 Å². The Hall–Kier alpha value is -4.09. The molecule has 0 saturated carbocycles. The minimum Gasteiger partial charge on any atom is -0.480 e. The molecule has 0 radical (unpaired) electrons. The zero-order valence-electron chi connectivity index (χ0n) is 19.0. The standard InChI is InChI=1S/C23H26F3N5O4/c1-13(2)7-20(32)31-19(22(34)35)8-14-3-5-17(6-4-14)30-21(33)15-9-16(23(24,25)26)11-18(10-15)28-12-29-27/h3-6,9-13,19H,7-8,27H2,1-2H3,(H,28,29)(H,30,33)(H,31,32)(H,34,35)/t19-/m0/s1. The van der Waals surface area contributed by atoms with Crippen molar-refractivity contribution in [1.29, 1.82) is 0 Å². The summed E-state index contributed by atoms with van der Waals surface area (Å²) in [7, 11) is 0. The zero-order chi connectivity index (χ0) is 26.2. The summed E-state index contributed by atoms with van der Waals surface area (Å²) >= 11 is 0. The third-order valence-corrected chi connectivity index (χ3v) is 4.71. The number of hydrogen-bond donors (Lipinski definition) is 5. The van der Waals surface area contributed by atoms with E-state index in [4.69, 9.17) is 5.84 Å². The molecule has 0 aliphatic carbocycles. The van der Waals surface area contributed by atoms with Crippen LogP contribution in [-0.2, 0) is 22.2 Å². The minimum absolute atomic E-state index is 0.0126. The predicted molar refractivity (Wildman–Crippen MR) is 125 cm³/mol. The Balaban J connectivity index is 2.14. The maximum Gasteiger partial charge on any atom is 0.416 e. The van der Waals surface area contributed by atoms with E-state index in [0.717, 1.165) is 12.4 Å². The number of nitrogens with two attached hydrogens (primary N) is 1. The van der Waals surface area contributed by atoms with Gasteiger partial charge in [-0.05, 0) is 41.8 Å². The van der Waals surface area contributed by atoms with Crippen LogP contribution in [-0.4, -0.2) is 35.3 Å². The highest BCUT2D eigenvalue weighted by Crippen LogP contribution is 2.32. The van der Waals surface area contributed by atoms with Gasteiger partial charge in [-0.15, -0.1) is 0 Å². The molecule has 0 aromatic heterocycles. The Kier molecular flexibility index (Phi) is 9.20. The van der Waals surface area contributed by atoms with E-state index in [1.54, 1.807) is 12.1 Å². The highest BCUT2D eigenvalue weighted by molar-refractivity contribution is 6.05. The molecule has 2 aromatic carbocycles. The summed E-state index contributed by atoms with van der Waals surface area (Å²) in [4.78, 5) is 36.0. The molecule has 12 heteroatoms. The summed E-state index contributed by atoms with van der Waals surface area (Å²) < 4.78 is 39.7. The van der Waals surface area contributed by atoms with Crippen LogP contribution in [0.25, 0.3) is 0 Å². The van der Waals surface area contributed by atoms with E-state index < -0.39 is 29.7 Å². The molecule has 2 amide bonds. The first-order valence-corrected chi connectivity index (χ1v) is 10.5. The van der Waals surface area contributed by atoms with Gasteiger partial charge in [-0.3, -0.25) is 9.59 Å². The number of carbonyl (C=O) groups excluding carboxylic acids is 2. The quantitative estimate of drug-likeness (QED) is 0.148. The first-order chi connectivity index (χ1) is 16.4. The van der Waals surface area contributed by atoms with Crippen molar-refractivity contribution in [3.63, 3.8) is 0 Å². The van der Waals surface area contributed by atoms with Gasteiger partial charge in [0.05, 0.1) is 5.56 Å². The van der Waals surface area contributed by atoms with Crippen molar-refractivity contribution in [1.82, 2.24) is 5.32 Å². The van der Waals surface area contributed by atoms with Crippen molar-refractivity contribution in [2.45, 2.75) is 38.9 Å². The molecule has 9 nitrogen and oxygen atoms in total. The number of carboxylic acid groups (broad SMARTS) is 1. The van der Waals surface area contributed by atoms with Gasteiger partial charge >= 0.3 is 12.1 Å². The van der Waals surface area contributed by atoms with Gasteiger partial charge in [0.1, 0.15) is 12.4 Å². The molecule has 6 N–H and O–H groups in total. The first kappa shape index (κ1) is 27.2. The molecule has 0 heterocycles. The number of amides is 2. The number of nitrogens with zero attached hydrogens (tertiary/aromatic N) is 1. The van der Waals surface area contributed by atoms with E-state index in [1.807, 2.05) is 13.8 Å². The molecule has 2 aromatic rings. The van der Waals surface area contributed by atoms with Crippen LogP contribution in [0.4, 0.5) is 24.5 Å². The number of benzene rings is 2. The Morgan fingerprint density at radius 2 is 1.74 bits per heavy atom. The Morgan fingerprint density at radius 1 is 1.09 bits per heavy atom. The van der Waals surface area contributed by atoms with E-state index in [-0.39, 0.29) is 41.6 Å². The molecule has 0 aliphatic heterocycles. The largest absolute Gasteiger partial charge is 0.480 e. The van der Waals surface area contributed by atoms with Gasteiger partial charge in [0, 0.05) is 29.8 Å². The van der Waals surface area contributed by atoms with Gasteiger partial charge < -0.3 is 26.9 Å². The van der Waals surface area contributed by atoms with Gasteiger partial charge in [0.15, 0.2) is 0 Å². The lowest BCUT2D eigenvalue weighted by atomic mass is 10.0. The fourth-order valence-electron chi connectivity index (χ4n) is 3.10. The van der Waals surface area contributed by atoms with E-state index in [1.165, 1.54) is 18.2 Å². The number of alkyl halides is 3. The molecule has 0 unspecified atom stereocenters. The molecule has 35 heavy (non-hydrogen) atoms. The molecule has 2 rings (SSSR count). The van der Waals surface area contributed by atoms with E-state index >= 15 is 0 Å². The maximum absolute atomic E-state index is 13.2. The zero-order valence-corrected chi connectivity index (χ0v) is 19.0. The summed E-state index contributed by atoms with van der Waals surface area (Å²) in [6, 6.07) is 7.67. The van der Waals surface area contributed by atoms with Crippen molar-refractivity contribution < 1.29 is 32.7 Å². The van der Waals surface area contributed by atoms with Crippen LogP contribution in [0.2, 0.25) is 0 Å². The minimum atomic E-state index is -4.68. The second kappa shape index (κ2) is 11.9. The van der Waals surface area contributed by atoms with Crippen LogP contribution in [0.5, 0.6) is 0 Å². The van der Waals surface area contributed by atoms with Gasteiger partial charge in [0.2, 0.25) is 5.91 Å². The predicted octanol–water partition coefficient (Wildman–Crippen LogP) is 3.43. The van der Waals surface area contributed by atoms with Crippen LogP contribution in [0, 0.1) is 5.92 Å². The third kappa shape index (κ3) is 8.65. The van der Waals surface area contributed by atoms with Gasteiger partial charge in [-0.25, -0.2) is 4.79 Å². The lowest BCUT2D eigenvalue weighted by molar-refractivity contribution is -0.142. The normalized spacial score (nSPS) is 12.4. The van der Waals surface area contributed by atoms with Crippen LogP contribution < -0.4 is 21.8 Å². The van der Waals surface area contributed by atoms with Crippen molar-refractivity contribution in [2.24, 2.45) is 16.9 Å². The molecular weight excluding hydrogens is 467 g/mol. The molecule has 0 saturated heterocycles. The fourth-order valence-corrected chi connectivity index (χ4v) is 3.10. The van der Waals surface area contributed by atoms with Crippen molar-refractivity contribution in [3.8, 4) is 0 Å². The number of carbonyl (C=O) groups is 3. The van der Waals surface area contributed by atoms with Gasteiger partial charge in [0.25, 0.3) is 5.91 Å². The number of hydrazone groups is 1. The molecule has 188 valence electrons. The van der Waals surface area contributed by atoms with Crippen LogP contribution in [0.15, 0.2) is 47.6 Å². The molecule has 0 spiro atoms. The highest BCUT2D eigenvalue weighted by atomic mass is 19.4. The number of carboxylic acids is 1. The third-order valence-electron chi connectivity index (χ3n) is 4.71.